The predicted molar refractivity (Wildman–Crippen MR) is 121 cm³/mol. The quantitative estimate of drug-likeness (QED) is 0.565. The molecule has 0 unspecified atom stereocenters. The summed E-state index contributed by atoms with van der Waals surface area (Å²) >= 11 is 0. The molecule has 0 saturated carbocycles. The summed E-state index contributed by atoms with van der Waals surface area (Å²) in [4.78, 5) is 20.0. The van der Waals surface area contributed by atoms with Crippen molar-refractivity contribution < 1.29 is 4.79 Å². The van der Waals surface area contributed by atoms with Crippen molar-refractivity contribution in [2.24, 2.45) is 18.9 Å². The maximum absolute atomic E-state index is 12.9. The lowest BCUT2D eigenvalue weighted by molar-refractivity contribution is 0.0835. The number of carbonyl (C=O) groups is 1. The second kappa shape index (κ2) is 8.68. The molecule has 1 aliphatic heterocycles. The first-order chi connectivity index (χ1) is 14.4. The van der Waals surface area contributed by atoms with E-state index in [9.17, 15) is 4.79 Å². The van der Waals surface area contributed by atoms with E-state index in [1.165, 1.54) is 11.1 Å². The summed E-state index contributed by atoms with van der Waals surface area (Å²) in [5, 5.41) is 5.58. The van der Waals surface area contributed by atoms with Crippen LogP contribution in [0.1, 0.15) is 53.9 Å². The SMILES string of the molecule is Cc1nn(C)c2ncc(CN3CCC(C(=O)c4ccc(CC(C)C)cc4)CC3)cc12. The molecule has 0 amide bonds. The van der Waals surface area contributed by atoms with Crippen LogP contribution < -0.4 is 0 Å². The molecule has 0 radical (unpaired) electrons. The number of hydrogen-bond acceptors (Lipinski definition) is 4. The molecule has 5 nitrogen and oxygen atoms in total. The summed E-state index contributed by atoms with van der Waals surface area (Å²) in [5.74, 6) is 1.08. The number of hydrogen-bond donors (Lipinski definition) is 0. The molecule has 4 rings (SSSR count). The molecule has 0 bridgehead atoms. The summed E-state index contributed by atoms with van der Waals surface area (Å²) in [5.41, 5.74) is 5.34. The van der Waals surface area contributed by atoms with Gasteiger partial charge in [0.2, 0.25) is 0 Å². The first-order valence-electron chi connectivity index (χ1n) is 11.0. The molecular formula is C25H32N4O. The Morgan fingerprint density at radius 3 is 2.50 bits per heavy atom. The van der Waals surface area contributed by atoms with Crippen molar-refractivity contribution in [3.05, 3.63) is 58.9 Å². The number of fused-ring (bicyclic) bond motifs is 1. The number of Topliss-reactive ketones (excluding diaryl/α,β-unsaturated/α-hetero) is 1. The molecule has 3 heterocycles. The number of likely N-dealkylation sites (tertiary alicyclic amines) is 1. The molecule has 3 aromatic rings. The van der Waals surface area contributed by atoms with Crippen molar-refractivity contribution in [3.8, 4) is 0 Å². The molecule has 1 aliphatic rings. The van der Waals surface area contributed by atoms with Crippen molar-refractivity contribution in [3.63, 3.8) is 0 Å². The van der Waals surface area contributed by atoms with Crippen molar-refractivity contribution in [1.82, 2.24) is 19.7 Å². The lowest BCUT2D eigenvalue weighted by Crippen LogP contribution is -2.36. The molecule has 0 N–H and O–H groups in total. The van der Waals surface area contributed by atoms with Crippen LogP contribution in [0.2, 0.25) is 0 Å². The van der Waals surface area contributed by atoms with Gasteiger partial charge in [-0.3, -0.25) is 14.4 Å². The van der Waals surface area contributed by atoms with E-state index in [2.05, 4.69) is 47.0 Å². The minimum atomic E-state index is 0.137. The van der Waals surface area contributed by atoms with Gasteiger partial charge in [-0.05, 0) is 62.4 Å². The predicted octanol–water partition coefficient (Wildman–Crippen LogP) is 4.57. The zero-order valence-corrected chi connectivity index (χ0v) is 18.6. The van der Waals surface area contributed by atoms with E-state index in [1.807, 2.05) is 37.0 Å². The zero-order valence-electron chi connectivity index (χ0n) is 18.6. The highest BCUT2D eigenvalue weighted by Gasteiger charge is 2.26. The monoisotopic (exact) mass is 404 g/mol. The van der Waals surface area contributed by atoms with Crippen LogP contribution in [0.15, 0.2) is 36.5 Å². The van der Waals surface area contributed by atoms with Gasteiger partial charge in [0.15, 0.2) is 11.4 Å². The van der Waals surface area contributed by atoms with Crippen LogP contribution >= 0.6 is 0 Å². The Hall–Kier alpha value is -2.53. The van der Waals surface area contributed by atoms with Gasteiger partial charge in [-0.25, -0.2) is 4.98 Å². The van der Waals surface area contributed by atoms with Crippen LogP contribution in [0, 0.1) is 18.8 Å². The number of carbonyl (C=O) groups excluding carboxylic acids is 1. The second-order valence-corrected chi connectivity index (χ2v) is 9.13. The normalized spacial score (nSPS) is 15.9. The molecule has 30 heavy (non-hydrogen) atoms. The summed E-state index contributed by atoms with van der Waals surface area (Å²) in [6, 6.07) is 10.5. The maximum Gasteiger partial charge on any atom is 0.166 e. The van der Waals surface area contributed by atoms with Gasteiger partial charge in [0.05, 0.1) is 5.69 Å². The van der Waals surface area contributed by atoms with Crippen molar-refractivity contribution in [1.29, 1.82) is 0 Å². The van der Waals surface area contributed by atoms with Gasteiger partial charge in [-0.1, -0.05) is 38.1 Å². The topological polar surface area (TPSA) is 51.0 Å². The van der Waals surface area contributed by atoms with E-state index >= 15 is 0 Å². The second-order valence-electron chi connectivity index (χ2n) is 9.13. The first-order valence-corrected chi connectivity index (χ1v) is 11.0. The Morgan fingerprint density at radius 2 is 1.83 bits per heavy atom. The van der Waals surface area contributed by atoms with Gasteiger partial charge >= 0.3 is 0 Å². The Kier molecular flexibility index (Phi) is 6.00. The fraction of sp³-hybridized carbons (Fsp3) is 0.480. The highest BCUT2D eigenvalue weighted by atomic mass is 16.1. The molecule has 1 aromatic carbocycles. The van der Waals surface area contributed by atoms with Gasteiger partial charge < -0.3 is 0 Å². The fourth-order valence-corrected chi connectivity index (χ4v) is 4.56. The third-order valence-electron chi connectivity index (χ3n) is 6.17. The highest BCUT2D eigenvalue weighted by Crippen LogP contribution is 2.24. The van der Waals surface area contributed by atoms with E-state index < -0.39 is 0 Å². The number of rotatable bonds is 6. The average molecular weight is 405 g/mol. The third-order valence-corrected chi connectivity index (χ3v) is 6.17. The number of benzene rings is 1. The zero-order chi connectivity index (χ0) is 21.3. The van der Waals surface area contributed by atoms with E-state index in [1.54, 1.807) is 0 Å². The minimum absolute atomic E-state index is 0.137. The molecule has 0 aliphatic carbocycles. The minimum Gasteiger partial charge on any atom is -0.299 e. The van der Waals surface area contributed by atoms with Crippen molar-refractivity contribution in [2.45, 2.75) is 46.6 Å². The first kappa shape index (κ1) is 20.7. The molecule has 5 heteroatoms. The van der Waals surface area contributed by atoms with Crippen molar-refractivity contribution >= 4 is 16.8 Å². The number of aryl methyl sites for hydroxylation is 2. The number of aromatic nitrogens is 3. The number of pyridine rings is 1. The fourth-order valence-electron chi connectivity index (χ4n) is 4.56. The summed E-state index contributed by atoms with van der Waals surface area (Å²) in [6.07, 6.45) is 4.87. The van der Waals surface area contributed by atoms with Gasteiger partial charge in [0.25, 0.3) is 0 Å². The van der Waals surface area contributed by atoms with Crippen LogP contribution in [-0.4, -0.2) is 38.5 Å². The molecule has 2 aromatic heterocycles. The molecule has 1 fully saturated rings. The smallest absolute Gasteiger partial charge is 0.166 e. The number of nitrogens with zero attached hydrogens (tertiary/aromatic N) is 4. The largest absolute Gasteiger partial charge is 0.299 e. The number of ketones is 1. The van der Waals surface area contributed by atoms with Gasteiger partial charge in [-0.2, -0.15) is 5.10 Å². The van der Waals surface area contributed by atoms with E-state index in [0.29, 0.717) is 11.7 Å². The average Bonchev–Trinajstić information content (AvgIpc) is 3.01. The molecule has 158 valence electrons. The van der Waals surface area contributed by atoms with Gasteiger partial charge in [0.1, 0.15) is 0 Å². The maximum atomic E-state index is 12.9. The van der Waals surface area contributed by atoms with Crippen LogP contribution in [0.5, 0.6) is 0 Å². The van der Waals surface area contributed by atoms with Crippen LogP contribution in [0.25, 0.3) is 11.0 Å². The Morgan fingerprint density at radius 1 is 1.13 bits per heavy atom. The summed E-state index contributed by atoms with van der Waals surface area (Å²) in [7, 11) is 1.93. The van der Waals surface area contributed by atoms with Crippen LogP contribution in [0.3, 0.4) is 0 Å². The van der Waals surface area contributed by atoms with Crippen molar-refractivity contribution in [2.75, 3.05) is 13.1 Å². The standard InChI is InChI=1S/C25H32N4O/c1-17(2)13-19-5-7-21(8-6-19)24(30)22-9-11-29(12-10-22)16-20-14-23-18(3)27-28(4)25(23)26-15-20/h5-8,14-15,17,22H,9-13,16H2,1-4H3. The van der Waals surface area contributed by atoms with E-state index in [-0.39, 0.29) is 5.92 Å². The Labute approximate surface area is 179 Å². The third kappa shape index (κ3) is 4.46. The number of piperidine rings is 1. The van der Waals surface area contributed by atoms with Crippen LogP contribution in [0.4, 0.5) is 0 Å². The lowest BCUT2D eigenvalue weighted by atomic mass is 9.88. The highest BCUT2D eigenvalue weighted by molar-refractivity contribution is 5.97. The Balaban J connectivity index is 1.34. The van der Waals surface area contributed by atoms with Gasteiger partial charge in [-0.15, -0.1) is 0 Å². The lowest BCUT2D eigenvalue weighted by Gasteiger charge is -2.31. The molecule has 0 atom stereocenters. The molecule has 1 saturated heterocycles. The molecule has 0 spiro atoms. The molecular weight excluding hydrogens is 372 g/mol. The summed E-state index contributed by atoms with van der Waals surface area (Å²) < 4.78 is 1.83. The van der Waals surface area contributed by atoms with E-state index in [4.69, 9.17) is 0 Å². The van der Waals surface area contributed by atoms with Gasteiger partial charge in [0, 0.05) is 36.7 Å². The Bertz CT molecular complexity index is 1030. The van der Waals surface area contributed by atoms with E-state index in [0.717, 1.165) is 61.2 Å². The summed E-state index contributed by atoms with van der Waals surface area (Å²) in [6.45, 7) is 9.25. The van der Waals surface area contributed by atoms with Crippen LogP contribution in [-0.2, 0) is 20.0 Å².